The lowest BCUT2D eigenvalue weighted by molar-refractivity contribution is 0.0562. The summed E-state index contributed by atoms with van der Waals surface area (Å²) < 4.78 is 10.2. The predicted octanol–water partition coefficient (Wildman–Crippen LogP) is 2.36. The molecule has 0 aromatic carbocycles. The van der Waals surface area contributed by atoms with Crippen LogP contribution in [0, 0.1) is 29.6 Å². The first-order chi connectivity index (χ1) is 9.20. The number of nitrogens with two attached hydrogens (primary N) is 1. The Kier molecular flexibility index (Phi) is 2.34. The molecule has 0 amide bonds. The summed E-state index contributed by atoms with van der Waals surface area (Å²) in [5.74, 6) is 4.57. The summed E-state index contributed by atoms with van der Waals surface area (Å²) in [5, 5.41) is 0. The Morgan fingerprint density at radius 2 is 2.05 bits per heavy atom. The molecular formula is C15H19NO3. The first-order valence-electron chi connectivity index (χ1n) is 7.14. The van der Waals surface area contributed by atoms with Gasteiger partial charge in [0.1, 0.15) is 5.76 Å². The Morgan fingerprint density at radius 1 is 1.37 bits per heavy atom. The summed E-state index contributed by atoms with van der Waals surface area (Å²) in [6.45, 7) is 0. The van der Waals surface area contributed by atoms with Crippen LogP contribution in [0.2, 0.25) is 0 Å². The van der Waals surface area contributed by atoms with Crippen molar-refractivity contribution in [1.29, 1.82) is 0 Å². The van der Waals surface area contributed by atoms with Crippen LogP contribution in [-0.2, 0) is 4.74 Å². The topological polar surface area (TPSA) is 65.5 Å². The zero-order valence-electron chi connectivity index (χ0n) is 11.0. The van der Waals surface area contributed by atoms with E-state index in [4.69, 9.17) is 10.2 Å². The van der Waals surface area contributed by atoms with Crippen molar-refractivity contribution in [3.8, 4) is 0 Å². The summed E-state index contributed by atoms with van der Waals surface area (Å²) in [6, 6.07) is 3.43. The molecule has 0 spiro atoms. The van der Waals surface area contributed by atoms with Gasteiger partial charge in [0.25, 0.3) is 0 Å². The van der Waals surface area contributed by atoms with Crippen LogP contribution >= 0.6 is 0 Å². The molecule has 5 unspecified atom stereocenters. The van der Waals surface area contributed by atoms with Gasteiger partial charge in [0.05, 0.1) is 13.2 Å². The van der Waals surface area contributed by atoms with Gasteiger partial charge in [0, 0.05) is 0 Å². The Bertz CT molecular complexity index is 507. The molecule has 0 radical (unpaired) electrons. The van der Waals surface area contributed by atoms with Crippen molar-refractivity contribution in [3.05, 3.63) is 23.7 Å². The number of furan rings is 1. The highest BCUT2D eigenvalue weighted by atomic mass is 16.5. The minimum atomic E-state index is -0.436. The second-order valence-corrected chi connectivity index (χ2v) is 6.28. The highest BCUT2D eigenvalue weighted by Crippen LogP contribution is 2.71. The van der Waals surface area contributed by atoms with Crippen LogP contribution in [-0.4, -0.2) is 13.1 Å². The average molecular weight is 261 g/mol. The molecule has 0 saturated heterocycles. The van der Waals surface area contributed by atoms with Crippen LogP contribution in [0.3, 0.4) is 0 Å². The largest absolute Gasteiger partial charge is 0.463 e. The summed E-state index contributed by atoms with van der Waals surface area (Å²) in [5.41, 5.74) is 6.35. The molecule has 3 aliphatic carbocycles. The highest BCUT2D eigenvalue weighted by Gasteiger charge is 2.66. The third-order valence-electron chi connectivity index (χ3n) is 5.55. The number of fused-ring (bicyclic) bond motifs is 5. The van der Waals surface area contributed by atoms with Gasteiger partial charge in [-0.3, -0.25) is 0 Å². The van der Waals surface area contributed by atoms with E-state index >= 15 is 0 Å². The lowest BCUT2D eigenvalue weighted by atomic mass is 9.97. The van der Waals surface area contributed by atoms with Gasteiger partial charge < -0.3 is 14.9 Å². The van der Waals surface area contributed by atoms with Gasteiger partial charge in [0.2, 0.25) is 5.76 Å². The first-order valence-corrected chi connectivity index (χ1v) is 7.14. The van der Waals surface area contributed by atoms with Crippen LogP contribution in [0.4, 0.5) is 0 Å². The fraction of sp³-hybridized carbons (Fsp3) is 0.667. The van der Waals surface area contributed by atoms with Crippen LogP contribution in [0.1, 0.15) is 41.6 Å². The van der Waals surface area contributed by atoms with Crippen molar-refractivity contribution < 1.29 is 13.9 Å². The molecule has 1 aromatic heterocycles. The van der Waals surface area contributed by atoms with Gasteiger partial charge in [-0.05, 0) is 61.0 Å². The molecule has 102 valence electrons. The van der Waals surface area contributed by atoms with E-state index in [0.717, 1.165) is 29.4 Å². The molecule has 2 bridgehead atoms. The molecule has 5 atom stereocenters. The van der Waals surface area contributed by atoms with Crippen molar-refractivity contribution in [2.24, 2.45) is 35.3 Å². The maximum atomic E-state index is 11.4. The molecule has 19 heavy (non-hydrogen) atoms. The van der Waals surface area contributed by atoms with E-state index in [1.807, 2.05) is 6.07 Å². The molecule has 0 aliphatic heterocycles. The fourth-order valence-corrected chi connectivity index (χ4v) is 4.80. The van der Waals surface area contributed by atoms with E-state index in [1.165, 1.54) is 26.4 Å². The number of hydrogen-bond acceptors (Lipinski definition) is 4. The molecule has 4 heteroatoms. The molecule has 1 heterocycles. The van der Waals surface area contributed by atoms with Gasteiger partial charge in [-0.1, -0.05) is 0 Å². The van der Waals surface area contributed by atoms with Gasteiger partial charge in [-0.15, -0.1) is 0 Å². The summed E-state index contributed by atoms with van der Waals surface area (Å²) in [6.07, 6.45) is 4.20. The third kappa shape index (κ3) is 1.52. The van der Waals surface area contributed by atoms with Crippen LogP contribution < -0.4 is 5.73 Å². The maximum Gasteiger partial charge on any atom is 0.373 e. The Hall–Kier alpha value is -1.29. The summed E-state index contributed by atoms with van der Waals surface area (Å²) >= 11 is 0. The zero-order valence-corrected chi connectivity index (χ0v) is 11.0. The van der Waals surface area contributed by atoms with Crippen LogP contribution in [0.15, 0.2) is 16.5 Å². The summed E-state index contributed by atoms with van der Waals surface area (Å²) in [7, 11) is 1.35. The van der Waals surface area contributed by atoms with Crippen LogP contribution in [0.5, 0.6) is 0 Å². The number of methoxy groups -OCH3 is 1. The number of ether oxygens (including phenoxy) is 1. The zero-order chi connectivity index (χ0) is 13.1. The number of carbonyl (C=O) groups is 1. The van der Waals surface area contributed by atoms with E-state index in [-0.39, 0.29) is 11.8 Å². The third-order valence-corrected chi connectivity index (χ3v) is 5.55. The Balaban J connectivity index is 1.51. The summed E-state index contributed by atoms with van der Waals surface area (Å²) in [4.78, 5) is 11.4. The van der Waals surface area contributed by atoms with Gasteiger partial charge in [-0.25, -0.2) is 4.79 Å². The van der Waals surface area contributed by atoms with Gasteiger partial charge in [0.15, 0.2) is 0 Å². The van der Waals surface area contributed by atoms with Crippen molar-refractivity contribution in [2.75, 3.05) is 7.11 Å². The number of carbonyl (C=O) groups excluding carboxylic acids is 1. The smallest absolute Gasteiger partial charge is 0.373 e. The predicted molar refractivity (Wildman–Crippen MR) is 68.3 cm³/mol. The molecule has 3 fully saturated rings. The maximum absolute atomic E-state index is 11.4. The van der Waals surface area contributed by atoms with Gasteiger partial charge >= 0.3 is 5.97 Å². The quantitative estimate of drug-likeness (QED) is 0.848. The minimum Gasteiger partial charge on any atom is -0.463 e. The van der Waals surface area contributed by atoms with Crippen molar-refractivity contribution in [1.82, 2.24) is 0 Å². The SMILES string of the molecule is COC(=O)c1ccc(C(N)C2C3C4CCC(C4)C32)o1. The van der Waals surface area contributed by atoms with E-state index in [1.54, 1.807) is 6.07 Å². The fourth-order valence-electron chi connectivity index (χ4n) is 4.80. The molecule has 2 N–H and O–H groups in total. The second kappa shape index (κ2) is 3.85. The monoisotopic (exact) mass is 261 g/mol. The molecule has 4 rings (SSSR count). The van der Waals surface area contributed by atoms with Crippen molar-refractivity contribution >= 4 is 5.97 Å². The lowest BCUT2D eigenvalue weighted by Crippen LogP contribution is -2.16. The number of esters is 1. The second-order valence-electron chi connectivity index (χ2n) is 6.28. The molecular weight excluding hydrogens is 242 g/mol. The standard InChI is InChI=1S/C15H19NO3/c1-18-15(17)10-5-4-9(19-10)14(16)13-11-7-2-3-8(6-7)12(11)13/h4-5,7-8,11-14H,2-3,6,16H2,1H3. The molecule has 3 saturated carbocycles. The van der Waals surface area contributed by atoms with Crippen molar-refractivity contribution in [3.63, 3.8) is 0 Å². The van der Waals surface area contributed by atoms with Crippen molar-refractivity contribution in [2.45, 2.75) is 25.3 Å². The average Bonchev–Trinajstić information content (AvgIpc) is 2.83. The van der Waals surface area contributed by atoms with Crippen LogP contribution in [0.25, 0.3) is 0 Å². The minimum absolute atomic E-state index is 0.0585. The number of hydrogen-bond donors (Lipinski definition) is 1. The molecule has 3 aliphatic rings. The van der Waals surface area contributed by atoms with E-state index in [2.05, 4.69) is 4.74 Å². The first kappa shape index (κ1) is 11.5. The number of rotatable bonds is 3. The van der Waals surface area contributed by atoms with E-state index in [9.17, 15) is 4.79 Å². The normalized spacial score (nSPS) is 40.0. The Labute approximate surface area is 112 Å². The van der Waals surface area contributed by atoms with E-state index < -0.39 is 5.97 Å². The molecule has 1 aromatic rings. The highest BCUT2D eigenvalue weighted by molar-refractivity contribution is 5.86. The van der Waals surface area contributed by atoms with E-state index in [0.29, 0.717) is 5.92 Å². The Morgan fingerprint density at radius 3 is 2.68 bits per heavy atom. The lowest BCUT2D eigenvalue weighted by Gasteiger charge is -2.13. The van der Waals surface area contributed by atoms with Gasteiger partial charge in [-0.2, -0.15) is 0 Å². The molecule has 4 nitrogen and oxygen atoms in total.